The van der Waals surface area contributed by atoms with Crippen LogP contribution in [-0.4, -0.2) is 33.3 Å². The lowest BCUT2D eigenvalue weighted by Crippen LogP contribution is -2.39. The first-order valence-electron chi connectivity index (χ1n) is 8.80. The maximum Gasteiger partial charge on any atom is 0.242 e. The number of benzene rings is 1. The first-order valence-corrected chi connectivity index (χ1v) is 8.80. The minimum absolute atomic E-state index is 0.0464. The van der Waals surface area contributed by atoms with Crippen molar-refractivity contribution in [3.8, 4) is 0 Å². The number of hydrogen-bond acceptors (Lipinski definition) is 3. The number of likely N-dealkylation sites (tertiary alicyclic amines) is 1. The zero-order chi connectivity index (χ0) is 17.1. The summed E-state index contributed by atoms with van der Waals surface area (Å²) >= 11 is 0. The van der Waals surface area contributed by atoms with E-state index in [1.807, 2.05) is 65.3 Å². The highest BCUT2D eigenvalue weighted by molar-refractivity contribution is 5.83. The third-order valence-electron chi connectivity index (χ3n) is 4.73. The predicted molar refractivity (Wildman–Crippen MR) is 97.0 cm³/mol. The Bertz CT molecular complexity index is 819. The molecule has 1 atom stereocenters. The highest BCUT2D eigenvalue weighted by Crippen LogP contribution is 2.25. The Balaban J connectivity index is 1.50. The zero-order valence-corrected chi connectivity index (χ0v) is 14.1. The van der Waals surface area contributed by atoms with Gasteiger partial charge in [0.05, 0.1) is 12.2 Å². The molecule has 1 amide bonds. The molecule has 0 aliphatic carbocycles. The Kier molecular flexibility index (Phi) is 4.48. The van der Waals surface area contributed by atoms with Crippen molar-refractivity contribution in [3.63, 3.8) is 0 Å². The summed E-state index contributed by atoms with van der Waals surface area (Å²) in [7, 11) is 0. The number of pyridine rings is 1. The summed E-state index contributed by atoms with van der Waals surface area (Å²) in [6.45, 7) is 2.39. The minimum atomic E-state index is -0.222. The van der Waals surface area contributed by atoms with E-state index in [2.05, 4.69) is 15.2 Å². The molecule has 1 aromatic carbocycles. The summed E-state index contributed by atoms with van der Waals surface area (Å²) in [5, 5.41) is 3.08. The molecule has 25 heavy (non-hydrogen) atoms. The second-order valence-electron chi connectivity index (χ2n) is 6.47. The van der Waals surface area contributed by atoms with Crippen LogP contribution in [0.2, 0.25) is 0 Å². The van der Waals surface area contributed by atoms with Gasteiger partial charge in [-0.05, 0) is 43.6 Å². The smallest absolute Gasteiger partial charge is 0.242 e. The van der Waals surface area contributed by atoms with Crippen LogP contribution in [0.1, 0.15) is 30.1 Å². The van der Waals surface area contributed by atoms with Crippen LogP contribution in [0.5, 0.6) is 0 Å². The molecule has 4 rings (SSSR count). The molecule has 5 nitrogen and oxygen atoms in total. The van der Waals surface area contributed by atoms with Crippen molar-refractivity contribution in [2.45, 2.75) is 25.4 Å². The number of rotatable bonds is 5. The molecule has 3 aromatic rings. The van der Waals surface area contributed by atoms with E-state index in [9.17, 15) is 4.79 Å². The molecule has 1 N–H and O–H groups in total. The summed E-state index contributed by atoms with van der Waals surface area (Å²) in [4.78, 5) is 19.8. The lowest BCUT2D eigenvalue weighted by Gasteiger charge is -2.26. The summed E-state index contributed by atoms with van der Waals surface area (Å²) in [6, 6.07) is 15.7. The van der Waals surface area contributed by atoms with Crippen LogP contribution in [0.15, 0.2) is 60.9 Å². The summed E-state index contributed by atoms with van der Waals surface area (Å²) in [5.41, 5.74) is 2.82. The zero-order valence-electron chi connectivity index (χ0n) is 14.1. The van der Waals surface area contributed by atoms with Gasteiger partial charge in [-0.1, -0.05) is 36.4 Å². The first kappa shape index (κ1) is 15.8. The molecule has 0 bridgehead atoms. The van der Waals surface area contributed by atoms with Crippen LogP contribution in [0.3, 0.4) is 0 Å². The van der Waals surface area contributed by atoms with E-state index in [4.69, 9.17) is 0 Å². The van der Waals surface area contributed by atoms with E-state index < -0.39 is 0 Å². The van der Waals surface area contributed by atoms with Gasteiger partial charge < -0.3 is 9.72 Å². The molecule has 1 saturated heterocycles. The Hall–Kier alpha value is -2.66. The number of aromatic nitrogens is 2. The standard InChI is InChI=1S/C20H22N4O/c25-20(21-14-17-15-24-13-5-4-10-18(24)22-17)19(23-11-6-7-12-23)16-8-2-1-3-9-16/h1-5,8-10,13,15,19H,6-7,11-12,14H2,(H,21,25)/t19-/m0/s1. The van der Waals surface area contributed by atoms with Crippen LogP contribution in [0.25, 0.3) is 5.65 Å². The van der Waals surface area contributed by atoms with Gasteiger partial charge in [-0.15, -0.1) is 0 Å². The van der Waals surface area contributed by atoms with Gasteiger partial charge >= 0.3 is 0 Å². The summed E-state index contributed by atoms with van der Waals surface area (Å²) in [5.74, 6) is 0.0464. The predicted octanol–water partition coefficient (Wildman–Crippen LogP) is 2.79. The quantitative estimate of drug-likeness (QED) is 0.780. The Morgan fingerprint density at radius 1 is 1.08 bits per heavy atom. The molecule has 1 aliphatic rings. The monoisotopic (exact) mass is 334 g/mol. The average Bonchev–Trinajstić information content (AvgIpc) is 3.30. The van der Waals surface area contributed by atoms with E-state index in [0.29, 0.717) is 6.54 Å². The minimum Gasteiger partial charge on any atom is -0.349 e. The number of fused-ring (bicyclic) bond motifs is 1. The third-order valence-corrected chi connectivity index (χ3v) is 4.73. The number of imidazole rings is 1. The average molecular weight is 334 g/mol. The topological polar surface area (TPSA) is 49.6 Å². The molecular formula is C20H22N4O. The van der Waals surface area contributed by atoms with E-state index in [-0.39, 0.29) is 11.9 Å². The maximum atomic E-state index is 12.9. The van der Waals surface area contributed by atoms with Gasteiger partial charge in [-0.2, -0.15) is 0 Å². The number of nitrogens with zero attached hydrogens (tertiary/aromatic N) is 3. The van der Waals surface area contributed by atoms with Crippen molar-refractivity contribution in [1.29, 1.82) is 0 Å². The van der Waals surface area contributed by atoms with Gasteiger partial charge in [0.1, 0.15) is 11.7 Å². The van der Waals surface area contributed by atoms with Gasteiger partial charge in [0.25, 0.3) is 0 Å². The first-order chi connectivity index (χ1) is 12.3. The third kappa shape index (κ3) is 3.42. The fourth-order valence-corrected chi connectivity index (χ4v) is 3.51. The fourth-order valence-electron chi connectivity index (χ4n) is 3.51. The fraction of sp³-hybridized carbons (Fsp3) is 0.300. The lowest BCUT2D eigenvalue weighted by atomic mass is 10.0. The number of nitrogens with one attached hydrogen (secondary N) is 1. The Labute approximate surface area is 147 Å². The van der Waals surface area contributed by atoms with E-state index in [1.54, 1.807) is 0 Å². The SMILES string of the molecule is O=C(NCc1cn2ccccc2n1)[C@H](c1ccccc1)N1CCCC1. The Morgan fingerprint density at radius 2 is 1.84 bits per heavy atom. The second kappa shape index (κ2) is 7.07. The molecule has 0 spiro atoms. The van der Waals surface area contributed by atoms with E-state index >= 15 is 0 Å². The van der Waals surface area contributed by atoms with Crippen molar-refractivity contribution >= 4 is 11.6 Å². The Morgan fingerprint density at radius 3 is 2.60 bits per heavy atom. The number of amides is 1. The largest absolute Gasteiger partial charge is 0.349 e. The van der Waals surface area contributed by atoms with Crippen molar-refractivity contribution in [2.75, 3.05) is 13.1 Å². The molecule has 0 saturated carbocycles. The van der Waals surface area contributed by atoms with Crippen LogP contribution in [0, 0.1) is 0 Å². The molecule has 2 aromatic heterocycles. The lowest BCUT2D eigenvalue weighted by molar-refractivity contribution is -0.126. The second-order valence-corrected chi connectivity index (χ2v) is 6.47. The highest BCUT2D eigenvalue weighted by atomic mass is 16.2. The number of carbonyl (C=O) groups excluding carboxylic acids is 1. The van der Waals surface area contributed by atoms with E-state index in [1.165, 1.54) is 0 Å². The van der Waals surface area contributed by atoms with Gasteiger partial charge in [0, 0.05) is 12.4 Å². The summed E-state index contributed by atoms with van der Waals surface area (Å²) in [6.07, 6.45) is 6.24. The molecule has 0 radical (unpaired) electrons. The van der Waals surface area contributed by atoms with Crippen molar-refractivity contribution in [1.82, 2.24) is 19.6 Å². The van der Waals surface area contributed by atoms with Crippen molar-refractivity contribution < 1.29 is 4.79 Å². The van der Waals surface area contributed by atoms with Crippen LogP contribution in [-0.2, 0) is 11.3 Å². The van der Waals surface area contributed by atoms with Crippen LogP contribution in [0.4, 0.5) is 0 Å². The normalized spacial score (nSPS) is 16.2. The molecule has 3 heterocycles. The van der Waals surface area contributed by atoms with Gasteiger partial charge in [0.15, 0.2) is 0 Å². The summed E-state index contributed by atoms with van der Waals surface area (Å²) < 4.78 is 1.97. The number of carbonyl (C=O) groups is 1. The van der Waals surface area contributed by atoms with E-state index in [0.717, 1.165) is 42.8 Å². The van der Waals surface area contributed by atoms with Gasteiger partial charge in [0.2, 0.25) is 5.91 Å². The van der Waals surface area contributed by atoms with Gasteiger partial charge in [-0.3, -0.25) is 9.69 Å². The molecular weight excluding hydrogens is 312 g/mol. The molecule has 5 heteroatoms. The van der Waals surface area contributed by atoms with Crippen LogP contribution >= 0.6 is 0 Å². The van der Waals surface area contributed by atoms with Crippen LogP contribution < -0.4 is 5.32 Å². The van der Waals surface area contributed by atoms with Gasteiger partial charge in [-0.25, -0.2) is 4.98 Å². The van der Waals surface area contributed by atoms with Crippen molar-refractivity contribution in [3.05, 3.63) is 72.2 Å². The number of hydrogen-bond donors (Lipinski definition) is 1. The molecule has 1 fully saturated rings. The molecule has 0 unspecified atom stereocenters. The highest BCUT2D eigenvalue weighted by Gasteiger charge is 2.29. The molecule has 128 valence electrons. The maximum absolute atomic E-state index is 12.9. The molecule has 1 aliphatic heterocycles. The van der Waals surface area contributed by atoms with Crippen molar-refractivity contribution in [2.24, 2.45) is 0 Å².